The molecule has 0 unspecified atom stereocenters. The molecule has 2 aromatic carbocycles. The van der Waals surface area contributed by atoms with Crippen LogP contribution in [-0.2, 0) is 20.9 Å². The molecule has 0 aliphatic carbocycles. The molecule has 150 valence electrons. The van der Waals surface area contributed by atoms with Crippen LogP contribution in [0.2, 0.25) is 0 Å². The number of non-ortho nitro benzene ring substituents is 1. The Bertz CT molecular complexity index is 960. The molecule has 1 aliphatic heterocycles. The number of nitrogens with zero attached hydrogens (tertiary/aromatic N) is 2. The van der Waals surface area contributed by atoms with Crippen molar-refractivity contribution in [2.24, 2.45) is 0 Å². The van der Waals surface area contributed by atoms with Crippen molar-refractivity contribution < 1.29 is 24.0 Å². The van der Waals surface area contributed by atoms with Gasteiger partial charge in [0.2, 0.25) is 11.8 Å². The molecule has 3 rings (SSSR count). The van der Waals surface area contributed by atoms with Gasteiger partial charge in [-0.25, -0.2) is 9.69 Å². The van der Waals surface area contributed by atoms with Gasteiger partial charge in [-0.1, -0.05) is 36.4 Å². The Labute approximate surface area is 166 Å². The van der Waals surface area contributed by atoms with Crippen LogP contribution < -0.4 is 5.32 Å². The van der Waals surface area contributed by atoms with Crippen LogP contribution in [0.1, 0.15) is 24.0 Å². The number of nitro benzene ring substituents is 1. The van der Waals surface area contributed by atoms with Crippen molar-refractivity contribution in [2.75, 3.05) is 5.32 Å². The summed E-state index contributed by atoms with van der Waals surface area (Å²) in [5.41, 5.74) is 1.45. The first-order chi connectivity index (χ1) is 13.9. The van der Waals surface area contributed by atoms with Gasteiger partial charge in [0.1, 0.15) is 12.6 Å². The number of anilines is 1. The Balaban J connectivity index is 1.71. The number of imide groups is 1. The fourth-order valence-electron chi connectivity index (χ4n) is 3.02. The number of nitrogens with one attached hydrogen (secondary N) is 1. The van der Waals surface area contributed by atoms with Crippen molar-refractivity contribution >= 4 is 29.3 Å². The van der Waals surface area contributed by atoms with E-state index >= 15 is 0 Å². The third-order valence-corrected chi connectivity index (χ3v) is 4.61. The van der Waals surface area contributed by atoms with Crippen molar-refractivity contribution in [3.63, 3.8) is 0 Å². The molecule has 2 aromatic rings. The molecule has 9 nitrogen and oxygen atoms in total. The Kier molecular flexibility index (Phi) is 5.87. The number of carbonyl (C=O) groups excluding carboxylic acids is 3. The van der Waals surface area contributed by atoms with E-state index in [-0.39, 0.29) is 30.8 Å². The SMILES string of the molecule is Cc1ccc([N+](=O)[O-])cc1NC(=O)[C@@H]1CCC(=O)N1C(=O)OCc1ccccc1. The minimum atomic E-state index is -1.04. The van der Waals surface area contributed by atoms with Gasteiger partial charge in [-0.2, -0.15) is 0 Å². The number of hydrogen-bond acceptors (Lipinski definition) is 6. The zero-order valence-corrected chi connectivity index (χ0v) is 15.7. The summed E-state index contributed by atoms with van der Waals surface area (Å²) in [5, 5.41) is 13.5. The van der Waals surface area contributed by atoms with E-state index in [1.54, 1.807) is 31.2 Å². The van der Waals surface area contributed by atoms with E-state index in [1.807, 2.05) is 6.07 Å². The predicted octanol–water partition coefficient (Wildman–Crippen LogP) is 3.17. The van der Waals surface area contributed by atoms with Gasteiger partial charge in [-0.15, -0.1) is 0 Å². The van der Waals surface area contributed by atoms with Crippen LogP contribution in [0.5, 0.6) is 0 Å². The van der Waals surface area contributed by atoms with E-state index in [9.17, 15) is 24.5 Å². The van der Waals surface area contributed by atoms with Crippen molar-refractivity contribution in [1.82, 2.24) is 4.90 Å². The summed E-state index contributed by atoms with van der Waals surface area (Å²) >= 11 is 0. The quantitative estimate of drug-likeness (QED) is 0.611. The van der Waals surface area contributed by atoms with E-state index in [0.29, 0.717) is 5.56 Å². The molecule has 1 fully saturated rings. The summed E-state index contributed by atoms with van der Waals surface area (Å²) in [6, 6.07) is 12.0. The maximum atomic E-state index is 12.7. The van der Waals surface area contributed by atoms with Crippen LogP contribution in [-0.4, -0.2) is 33.8 Å². The summed E-state index contributed by atoms with van der Waals surface area (Å²) in [6.45, 7) is 1.66. The van der Waals surface area contributed by atoms with Crippen molar-refractivity contribution in [3.05, 3.63) is 69.8 Å². The lowest BCUT2D eigenvalue weighted by Gasteiger charge is -2.22. The van der Waals surface area contributed by atoms with Crippen LogP contribution in [0.3, 0.4) is 0 Å². The molecular weight excluding hydrogens is 378 g/mol. The minimum absolute atomic E-state index is 0.0260. The van der Waals surface area contributed by atoms with Crippen LogP contribution >= 0.6 is 0 Å². The molecule has 1 aliphatic rings. The number of likely N-dealkylation sites (tertiary alicyclic amines) is 1. The second-order valence-electron chi connectivity index (χ2n) is 6.60. The molecule has 0 spiro atoms. The predicted molar refractivity (Wildman–Crippen MR) is 103 cm³/mol. The monoisotopic (exact) mass is 397 g/mol. The average Bonchev–Trinajstić information content (AvgIpc) is 3.10. The van der Waals surface area contributed by atoms with Gasteiger partial charge in [-0.3, -0.25) is 19.7 Å². The summed E-state index contributed by atoms with van der Waals surface area (Å²) in [6.07, 6.45) is -0.710. The summed E-state index contributed by atoms with van der Waals surface area (Å²) in [5.74, 6) is -1.10. The third-order valence-electron chi connectivity index (χ3n) is 4.61. The molecular formula is C20H19N3O6. The first kappa shape index (κ1) is 20.0. The lowest BCUT2D eigenvalue weighted by molar-refractivity contribution is -0.384. The molecule has 3 amide bonds. The Morgan fingerprint density at radius 1 is 1.24 bits per heavy atom. The van der Waals surface area contributed by atoms with Gasteiger partial charge in [0, 0.05) is 18.6 Å². The fraction of sp³-hybridized carbons (Fsp3) is 0.250. The first-order valence-corrected chi connectivity index (χ1v) is 8.95. The first-order valence-electron chi connectivity index (χ1n) is 8.95. The number of carbonyl (C=O) groups is 3. The van der Waals surface area contributed by atoms with Crippen LogP contribution in [0.25, 0.3) is 0 Å². The molecule has 1 atom stereocenters. The van der Waals surface area contributed by atoms with Gasteiger partial charge >= 0.3 is 6.09 Å². The van der Waals surface area contributed by atoms with Gasteiger partial charge in [0.25, 0.3) is 5.69 Å². The zero-order valence-electron chi connectivity index (χ0n) is 15.7. The maximum Gasteiger partial charge on any atom is 0.417 e. The normalized spacial score (nSPS) is 15.8. The van der Waals surface area contributed by atoms with Crippen molar-refractivity contribution in [3.8, 4) is 0 Å². The molecule has 1 heterocycles. The molecule has 29 heavy (non-hydrogen) atoms. The van der Waals surface area contributed by atoms with E-state index in [1.165, 1.54) is 18.2 Å². The minimum Gasteiger partial charge on any atom is -0.444 e. The second-order valence-corrected chi connectivity index (χ2v) is 6.60. The molecule has 1 N–H and O–H groups in total. The number of hydrogen-bond donors (Lipinski definition) is 1. The highest BCUT2D eigenvalue weighted by atomic mass is 16.6. The fourth-order valence-corrected chi connectivity index (χ4v) is 3.02. The number of amides is 3. The molecule has 0 aromatic heterocycles. The standard InChI is InChI=1S/C20H19N3O6/c1-13-7-8-15(23(27)28)11-16(13)21-19(25)17-9-10-18(24)22(17)20(26)29-12-14-5-3-2-4-6-14/h2-8,11,17H,9-10,12H2,1H3,(H,21,25)/t17-/m0/s1. The number of benzene rings is 2. The molecule has 1 saturated heterocycles. The number of nitro groups is 1. The lowest BCUT2D eigenvalue weighted by Crippen LogP contribution is -2.45. The summed E-state index contributed by atoms with van der Waals surface area (Å²) < 4.78 is 5.18. The highest BCUT2D eigenvalue weighted by Gasteiger charge is 2.41. The Morgan fingerprint density at radius 2 is 1.97 bits per heavy atom. The topological polar surface area (TPSA) is 119 Å². The third kappa shape index (κ3) is 4.57. The van der Waals surface area contributed by atoms with E-state index in [4.69, 9.17) is 4.74 Å². The second kappa shape index (κ2) is 8.51. The van der Waals surface area contributed by atoms with Crippen LogP contribution in [0.4, 0.5) is 16.2 Å². The molecule has 0 radical (unpaired) electrons. The summed E-state index contributed by atoms with van der Waals surface area (Å²) in [7, 11) is 0. The molecule has 0 bridgehead atoms. The van der Waals surface area contributed by atoms with Crippen molar-refractivity contribution in [1.29, 1.82) is 0 Å². The number of rotatable bonds is 5. The van der Waals surface area contributed by atoms with E-state index in [2.05, 4.69) is 5.32 Å². The van der Waals surface area contributed by atoms with Gasteiger partial charge in [-0.05, 0) is 24.5 Å². The van der Waals surface area contributed by atoms with Gasteiger partial charge < -0.3 is 10.1 Å². The van der Waals surface area contributed by atoms with Gasteiger partial charge in [0.05, 0.1) is 10.6 Å². The smallest absolute Gasteiger partial charge is 0.417 e. The maximum absolute atomic E-state index is 12.7. The Morgan fingerprint density at radius 3 is 2.66 bits per heavy atom. The largest absolute Gasteiger partial charge is 0.444 e. The zero-order chi connectivity index (χ0) is 21.0. The lowest BCUT2D eigenvalue weighted by atomic mass is 10.1. The average molecular weight is 397 g/mol. The summed E-state index contributed by atoms with van der Waals surface area (Å²) in [4.78, 5) is 48.5. The Hall–Kier alpha value is -3.75. The number of aryl methyl sites for hydroxylation is 1. The molecule has 9 heteroatoms. The highest BCUT2D eigenvalue weighted by molar-refractivity contribution is 6.05. The van der Waals surface area contributed by atoms with Crippen LogP contribution in [0.15, 0.2) is 48.5 Å². The van der Waals surface area contributed by atoms with E-state index < -0.39 is 28.9 Å². The van der Waals surface area contributed by atoms with Gasteiger partial charge in [0.15, 0.2) is 0 Å². The highest BCUT2D eigenvalue weighted by Crippen LogP contribution is 2.25. The molecule has 0 saturated carbocycles. The van der Waals surface area contributed by atoms with E-state index in [0.717, 1.165) is 10.5 Å². The van der Waals surface area contributed by atoms with Crippen LogP contribution in [0, 0.1) is 17.0 Å². The van der Waals surface area contributed by atoms with Crippen molar-refractivity contribution in [2.45, 2.75) is 32.4 Å². The number of ether oxygens (including phenoxy) is 1.